The SMILES string of the molecule is COc1ccccc1CNC(=O)CC1Nc2ccccc2NC1=O. The molecule has 0 fully saturated rings. The summed E-state index contributed by atoms with van der Waals surface area (Å²) in [6.07, 6.45) is 0.0648. The van der Waals surface area contributed by atoms with Gasteiger partial charge in [0.1, 0.15) is 11.8 Å². The van der Waals surface area contributed by atoms with Crippen molar-refractivity contribution in [2.45, 2.75) is 19.0 Å². The van der Waals surface area contributed by atoms with Gasteiger partial charge in [-0.3, -0.25) is 9.59 Å². The van der Waals surface area contributed by atoms with Crippen LogP contribution in [0.4, 0.5) is 11.4 Å². The Kier molecular flexibility index (Phi) is 4.65. The Labute approximate surface area is 140 Å². The molecule has 1 aliphatic heterocycles. The van der Waals surface area contributed by atoms with E-state index >= 15 is 0 Å². The van der Waals surface area contributed by atoms with Gasteiger partial charge in [0.2, 0.25) is 11.8 Å². The molecule has 1 heterocycles. The van der Waals surface area contributed by atoms with Gasteiger partial charge in [0.05, 0.1) is 24.9 Å². The van der Waals surface area contributed by atoms with E-state index in [1.165, 1.54) is 0 Å². The molecule has 2 aromatic rings. The van der Waals surface area contributed by atoms with Crippen LogP contribution in [0.3, 0.4) is 0 Å². The molecule has 0 saturated heterocycles. The summed E-state index contributed by atoms with van der Waals surface area (Å²) in [5, 5.41) is 8.73. The molecule has 1 aliphatic rings. The van der Waals surface area contributed by atoms with E-state index in [1.54, 1.807) is 7.11 Å². The minimum Gasteiger partial charge on any atom is -0.496 e. The smallest absolute Gasteiger partial charge is 0.247 e. The Bertz CT molecular complexity index is 761. The van der Waals surface area contributed by atoms with Crippen LogP contribution in [0.15, 0.2) is 48.5 Å². The summed E-state index contributed by atoms with van der Waals surface area (Å²) in [6.45, 7) is 0.355. The van der Waals surface area contributed by atoms with Crippen molar-refractivity contribution in [2.24, 2.45) is 0 Å². The van der Waals surface area contributed by atoms with Crippen molar-refractivity contribution in [1.82, 2.24) is 5.32 Å². The average molecular weight is 325 g/mol. The quantitative estimate of drug-likeness (QED) is 0.787. The molecule has 2 aromatic carbocycles. The Morgan fingerprint density at radius 1 is 1.12 bits per heavy atom. The second-order valence-electron chi connectivity index (χ2n) is 5.52. The zero-order valence-electron chi connectivity index (χ0n) is 13.3. The first-order valence-electron chi connectivity index (χ1n) is 7.72. The van der Waals surface area contributed by atoms with Crippen LogP contribution >= 0.6 is 0 Å². The van der Waals surface area contributed by atoms with Crippen molar-refractivity contribution in [1.29, 1.82) is 0 Å². The maximum absolute atomic E-state index is 12.2. The zero-order valence-corrected chi connectivity index (χ0v) is 13.3. The van der Waals surface area contributed by atoms with Crippen molar-refractivity contribution in [3.8, 4) is 5.75 Å². The molecule has 1 atom stereocenters. The van der Waals surface area contributed by atoms with Crippen LogP contribution in [0.5, 0.6) is 5.75 Å². The lowest BCUT2D eigenvalue weighted by molar-refractivity contribution is -0.125. The number of anilines is 2. The molecule has 124 valence electrons. The highest BCUT2D eigenvalue weighted by Crippen LogP contribution is 2.26. The van der Waals surface area contributed by atoms with Crippen molar-refractivity contribution >= 4 is 23.2 Å². The summed E-state index contributed by atoms with van der Waals surface area (Å²) in [5.41, 5.74) is 2.44. The maximum Gasteiger partial charge on any atom is 0.247 e. The normalized spacial score (nSPS) is 15.7. The minimum atomic E-state index is -0.586. The van der Waals surface area contributed by atoms with Crippen molar-refractivity contribution < 1.29 is 14.3 Å². The molecule has 0 bridgehead atoms. The van der Waals surface area contributed by atoms with Gasteiger partial charge >= 0.3 is 0 Å². The lowest BCUT2D eigenvalue weighted by Gasteiger charge is -2.26. The molecule has 0 spiro atoms. The predicted molar refractivity (Wildman–Crippen MR) is 91.9 cm³/mol. The molecule has 1 unspecified atom stereocenters. The first-order chi connectivity index (χ1) is 11.7. The number of carbonyl (C=O) groups is 2. The number of carbonyl (C=O) groups excluding carboxylic acids is 2. The van der Waals surface area contributed by atoms with Gasteiger partial charge in [-0.05, 0) is 18.2 Å². The molecule has 24 heavy (non-hydrogen) atoms. The first-order valence-corrected chi connectivity index (χ1v) is 7.72. The van der Waals surface area contributed by atoms with Crippen molar-refractivity contribution in [2.75, 3.05) is 17.7 Å². The van der Waals surface area contributed by atoms with Gasteiger partial charge in [-0.1, -0.05) is 30.3 Å². The Morgan fingerprint density at radius 2 is 1.83 bits per heavy atom. The lowest BCUT2D eigenvalue weighted by Crippen LogP contribution is -2.42. The molecular weight excluding hydrogens is 306 g/mol. The summed E-state index contributed by atoms with van der Waals surface area (Å²) in [4.78, 5) is 24.3. The number of hydrogen-bond acceptors (Lipinski definition) is 4. The van der Waals surface area contributed by atoms with Gasteiger partial charge in [0, 0.05) is 12.1 Å². The molecule has 6 heteroatoms. The molecule has 0 aromatic heterocycles. The fourth-order valence-corrected chi connectivity index (χ4v) is 2.64. The monoisotopic (exact) mass is 325 g/mol. The van der Waals surface area contributed by atoms with Crippen LogP contribution in [-0.4, -0.2) is 25.0 Å². The number of hydrogen-bond donors (Lipinski definition) is 3. The van der Waals surface area contributed by atoms with Gasteiger partial charge in [-0.15, -0.1) is 0 Å². The standard InChI is InChI=1S/C18H19N3O3/c1-24-16-9-5-2-6-12(16)11-19-17(22)10-15-18(23)21-14-8-4-3-7-13(14)20-15/h2-9,15,20H,10-11H2,1H3,(H,19,22)(H,21,23). The van der Waals surface area contributed by atoms with Gasteiger partial charge in [0.15, 0.2) is 0 Å². The zero-order chi connectivity index (χ0) is 16.9. The van der Waals surface area contributed by atoms with E-state index in [2.05, 4.69) is 16.0 Å². The average Bonchev–Trinajstić information content (AvgIpc) is 2.61. The predicted octanol–water partition coefficient (Wildman–Crippen LogP) is 2.13. The number of nitrogens with one attached hydrogen (secondary N) is 3. The third kappa shape index (κ3) is 3.48. The lowest BCUT2D eigenvalue weighted by atomic mass is 10.1. The van der Waals surface area contributed by atoms with E-state index in [9.17, 15) is 9.59 Å². The fraction of sp³-hybridized carbons (Fsp3) is 0.222. The summed E-state index contributed by atoms with van der Waals surface area (Å²) in [5.74, 6) is 0.314. The van der Waals surface area contributed by atoms with E-state index in [-0.39, 0.29) is 18.2 Å². The highest BCUT2D eigenvalue weighted by Gasteiger charge is 2.27. The van der Waals surface area contributed by atoms with Gasteiger partial charge < -0.3 is 20.7 Å². The van der Waals surface area contributed by atoms with Crippen LogP contribution in [0.25, 0.3) is 0 Å². The molecule has 3 N–H and O–H groups in total. The molecule has 0 radical (unpaired) electrons. The minimum absolute atomic E-state index is 0.0648. The molecule has 0 aliphatic carbocycles. The summed E-state index contributed by atoms with van der Waals surface area (Å²) >= 11 is 0. The van der Waals surface area contributed by atoms with Crippen LogP contribution in [0.2, 0.25) is 0 Å². The van der Waals surface area contributed by atoms with E-state index in [0.29, 0.717) is 6.54 Å². The first kappa shape index (κ1) is 15.9. The third-order valence-electron chi connectivity index (χ3n) is 3.89. The van der Waals surface area contributed by atoms with Crippen molar-refractivity contribution in [3.63, 3.8) is 0 Å². The number of benzene rings is 2. The van der Waals surface area contributed by atoms with Crippen LogP contribution < -0.4 is 20.7 Å². The van der Waals surface area contributed by atoms with Gasteiger partial charge in [-0.25, -0.2) is 0 Å². The van der Waals surface area contributed by atoms with Gasteiger partial charge in [-0.2, -0.15) is 0 Å². The number of amides is 2. The topological polar surface area (TPSA) is 79.5 Å². The van der Waals surface area contributed by atoms with E-state index in [4.69, 9.17) is 4.74 Å². The van der Waals surface area contributed by atoms with Crippen LogP contribution in [0.1, 0.15) is 12.0 Å². The Balaban J connectivity index is 1.58. The second kappa shape index (κ2) is 7.04. The molecule has 3 rings (SSSR count). The number of rotatable bonds is 5. The third-order valence-corrected chi connectivity index (χ3v) is 3.89. The van der Waals surface area contributed by atoms with Crippen LogP contribution in [0, 0.1) is 0 Å². The van der Waals surface area contributed by atoms with E-state index < -0.39 is 6.04 Å². The maximum atomic E-state index is 12.2. The number of fused-ring (bicyclic) bond motifs is 1. The molecule has 6 nitrogen and oxygen atoms in total. The van der Waals surface area contributed by atoms with Crippen LogP contribution in [-0.2, 0) is 16.1 Å². The highest BCUT2D eigenvalue weighted by atomic mass is 16.5. The summed E-state index contributed by atoms with van der Waals surface area (Å²) in [7, 11) is 1.59. The second-order valence-corrected chi connectivity index (χ2v) is 5.52. The van der Waals surface area contributed by atoms with Crippen molar-refractivity contribution in [3.05, 3.63) is 54.1 Å². The highest BCUT2D eigenvalue weighted by molar-refractivity contribution is 6.04. The summed E-state index contributed by atoms with van der Waals surface area (Å²) in [6, 6.07) is 14.3. The largest absolute Gasteiger partial charge is 0.496 e. The fourth-order valence-electron chi connectivity index (χ4n) is 2.64. The van der Waals surface area contributed by atoms with E-state index in [1.807, 2.05) is 48.5 Å². The molecule has 2 amide bonds. The number of ether oxygens (including phenoxy) is 1. The van der Waals surface area contributed by atoms with E-state index in [0.717, 1.165) is 22.7 Å². The number of methoxy groups -OCH3 is 1. The molecule has 0 saturated carbocycles. The Hall–Kier alpha value is -3.02. The molecular formula is C18H19N3O3. The Morgan fingerprint density at radius 3 is 2.62 bits per heavy atom. The van der Waals surface area contributed by atoms with Gasteiger partial charge in [0.25, 0.3) is 0 Å². The number of para-hydroxylation sites is 3. The summed E-state index contributed by atoms with van der Waals surface area (Å²) < 4.78 is 5.26.